The van der Waals surface area contributed by atoms with Crippen molar-refractivity contribution in [1.82, 2.24) is 15.0 Å². The molecule has 1 N–H and O–H groups in total. The molecule has 21 heavy (non-hydrogen) atoms. The minimum absolute atomic E-state index is 0.100. The largest absolute Gasteiger partial charge is 0.481 e. The molecule has 0 aliphatic heterocycles. The predicted octanol–water partition coefficient (Wildman–Crippen LogP) is 1.53. The molecule has 0 radical (unpaired) electrons. The molecule has 7 nitrogen and oxygen atoms in total. The summed E-state index contributed by atoms with van der Waals surface area (Å²) in [4.78, 5) is 28.2. The number of carboxylic acid groups (broad SMARTS) is 1. The lowest BCUT2D eigenvalue weighted by atomic mass is 10.1. The number of nitrogens with zero attached hydrogens (tertiary/aromatic N) is 3. The van der Waals surface area contributed by atoms with Gasteiger partial charge >= 0.3 is 5.97 Å². The van der Waals surface area contributed by atoms with Crippen LogP contribution in [0.15, 0.2) is 35.1 Å². The van der Waals surface area contributed by atoms with E-state index in [9.17, 15) is 9.59 Å². The van der Waals surface area contributed by atoms with Gasteiger partial charge in [0.2, 0.25) is 0 Å². The third-order valence-electron chi connectivity index (χ3n) is 2.99. The monoisotopic (exact) mass is 289 g/mol. The maximum absolute atomic E-state index is 12.1. The van der Waals surface area contributed by atoms with Crippen molar-refractivity contribution in [2.45, 2.75) is 6.92 Å². The highest BCUT2D eigenvalue weighted by molar-refractivity contribution is 5.93. The van der Waals surface area contributed by atoms with Gasteiger partial charge in [-0.3, -0.25) is 14.6 Å². The van der Waals surface area contributed by atoms with Crippen LogP contribution in [0.25, 0.3) is 11.3 Å². The zero-order chi connectivity index (χ0) is 15.4. The van der Waals surface area contributed by atoms with Gasteiger partial charge in [0.1, 0.15) is 0 Å². The van der Waals surface area contributed by atoms with E-state index < -0.39 is 11.9 Å². The van der Waals surface area contributed by atoms with E-state index in [1.807, 2.05) is 0 Å². The van der Waals surface area contributed by atoms with E-state index in [1.165, 1.54) is 24.9 Å². The Labute approximate surface area is 121 Å². The van der Waals surface area contributed by atoms with Crippen molar-refractivity contribution in [3.8, 4) is 11.3 Å². The molecule has 0 aliphatic rings. The smallest absolute Gasteiger partial charge is 0.308 e. The van der Waals surface area contributed by atoms with E-state index in [1.54, 1.807) is 24.5 Å². The second kappa shape index (κ2) is 6.17. The molecular formula is C14H15N3O4. The van der Waals surface area contributed by atoms with Crippen LogP contribution in [0.1, 0.15) is 17.4 Å². The van der Waals surface area contributed by atoms with E-state index in [-0.39, 0.29) is 18.1 Å². The molecule has 2 rings (SSSR count). The first kappa shape index (κ1) is 14.7. The van der Waals surface area contributed by atoms with Crippen molar-refractivity contribution in [3.05, 3.63) is 36.3 Å². The van der Waals surface area contributed by atoms with E-state index >= 15 is 0 Å². The van der Waals surface area contributed by atoms with Crippen molar-refractivity contribution in [1.29, 1.82) is 0 Å². The van der Waals surface area contributed by atoms with Crippen LogP contribution in [0.5, 0.6) is 0 Å². The molecule has 2 aromatic rings. The fourth-order valence-corrected chi connectivity index (χ4v) is 1.79. The quantitative estimate of drug-likeness (QED) is 0.896. The molecule has 0 saturated carbocycles. The summed E-state index contributed by atoms with van der Waals surface area (Å²) in [6, 6.07) is 5.05. The molecule has 7 heteroatoms. The summed E-state index contributed by atoms with van der Waals surface area (Å²) >= 11 is 0. The van der Waals surface area contributed by atoms with Crippen LogP contribution in [0.2, 0.25) is 0 Å². The van der Waals surface area contributed by atoms with Crippen molar-refractivity contribution >= 4 is 11.9 Å². The molecule has 0 saturated heterocycles. The van der Waals surface area contributed by atoms with Crippen LogP contribution in [0, 0.1) is 5.92 Å². The lowest BCUT2D eigenvalue weighted by molar-refractivity contribution is -0.141. The average Bonchev–Trinajstić information content (AvgIpc) is 2.96. The second-order valence-corrected chi connectivity index (χ2v) is 4.74. The molecule has 1 unspecified atom stereocenters. The molecule has 110 valence electrons. The number of hydrogen-bond acceptors (Lipinski definition) is 5. The van der Waals surface area contributed by atoms with Gasteiger partial charge in [-0.1, -0.05) is 12.1 Å². The first-order valence-electron chi connectivity index (χ1n) is 6.34. The highest BCUT2D eigenvalue weighted by Gasteiger charge is 2.21. The topological polar surface area (TPSA) is 96.5 Å². The van der Waals surface area contributed by atoms with Gasteiger partial charge in [0, 0.05) is 37.6 Å². The molecule has 0 aromatic carbocycles. The number of aliphatic carboxylic acids is 1. The van der Waals surface area contributed by atoms with Crippen LogP contribution < -0.4 is 0 Å². The number of carbonyl (C=O) groups is 2. The number of hydrogen-bond donors (Lipinski definition) is 1. The lowest BCUT2D eigenvalue weighted by Crippen LogP contribution is -2.33. The number of aromatic nitrogens is 2. The molecule has 1 atom stereocenters. The van der Waals surface area contributed by atoms with Gasteiger partial charge in [-0.05, 0) is 12.1 Å². The summed E-state index contributed by atoms with van der Waals surface area (Å²) in [7, 11) is 1.53. The number of amides is 1. The van der Waals surface area contributed by atoms with Gasteiger partial charge in [-0.2, -0.15) is 0 Å². The third-order valence-corrected chi connectivity index (χ3v) is 2.99. The summed E-state index contributed by atoms with van der Waals surface area (Å²) in [6.45, 7) is 1.64. The fraction of sp³-hybridized carbons (Fsp3) is 0.286. The van der Waals surface area contributed by atoms with Gasteiger partial charge < -0.3 is 14.5 Å². The Bertz CT molecular complexity index is 639. The number of carboxylic acids is 1. The van der Waals surface area contributed by atoms with Gasteiger partial charge in [0.25, 0.3) is 5.91 Å². The Balaban J connectivity index is 2.10. The van der Waals surface area contributed by atoms with Crippen molar-refractivity contribution in [2.24, 2.45) is 5.92 Å². The normalized spacial score (nSPS) is 11.9. The molecule has 0 fully saturated rings. The van der Waals surface area contributed by atoms with E-state index in [2.05, 4.69) is 10.1 Å². The Hall–Kier alpha value is -2.70. The van der Waals surface area contributed by atoms with Gasteiger partial charge in [0.15, 0.2) is 11.5 Å². The minimum atomic E-state index is -0.953. The van der Waals surface area contributed by atoms with Crippen LogP contribution in [0.3, 0.4) is 0 Å². The fourth-order valence-electron chi connectivity index (χ4n) is 1.79. The second-order valence-electron chi connectivity index (χ2n) is 4.74. The molecule has 2 aromatic heterocycles. The van der Waals surface area contributed by atoms with E-state index in [0.29, 0.717) is 11.3 Å². The van der Waals surface area contributed by atoms with Crippen molar-refractivity contribution < 1.29 is 19.2 Å². The summed E-state index contributed by atoms with van der Waals surface area (Å²) in [5.41, 5.74) is 0.847. The number of carbonyl (C=O) groups excluding carboxylic acids is 1. The standard InChI is InChI=1S/C14H15N3O4/c1-9(14(19)20)8-17(2)13(18)11-6-12(21-16-11)10-4-3-5-15-7-10/h3-7,9H,8H2,1-2H3,(H,19,20). The summed E-state index contributed by atoms with van der Waals surface area (Å²) < 4.78 is 5.12. The predicted molar refractivity (Wildman–Crippen MR) is 73.5 cm³/mol. The summed E-state index contributed by atoms with van der Waals surface area (Å²) in [5.74, 6) is -1.55. The van der Waals surface area contributed by atoms with Crippen LogP contribution in [0.4, 0.5) is 0 Å². The Morgan fingerprint density at radius 2 is 2.24 bits per heavy atom. The number of pyridine rings is 1. The SMILES string of the molecule is CC(CN(C)C(=O)c1cc(-c2cccnc2)on1)C(=O)O. The first-order valence-corrected chi connectivity index (χ1v) is 6.34. The van der Waals surface area contributed by atoms with Crippen LogP contribution in [-0.2, 0) is 4.79 Å². The molecule has 2 heterocycles. The maximum atomic E-state index is 12.1. The number of rotatable bonds is 5. The summed E-state index contributed by atoms with van der Waals surface area (Å²) in [5, 5.41) is 12.6. The van der Waals surface area contributed by atoms with Crippen molar-refractivity contribution in [2.75, 3.05) is 13.6 Å². The van der Waals surface area contributed by atoms with E-state index in [0.717, 1.165) is 0 Å². The third kappa shape index (κ3) is 3.44. The maximum Gasteiger partial charge on any atom is 0.308 e. The van der Waals surface area contributed by atoms with Crippen molar-refractivity contribution in [3.63, 3.8) is 0 Å². The molecule has 0 spiro atoms. The summed E-state index contributed by atoms with van der Waals surface area (Å²) in [6.07, 6.45) is 3.23. The Morgan fingerprint density at radius 1 is 1.48 bits per heavy atom. The van der Waals surface area contributed by atoms with Crippen LogP contribution >= 0.6 is 0 Å². The zero-order valence-corrected chi connectivity index (χ0v) is 11.7. The van der Waals surface area contributed by atoms with E-state index in [4.69, 9.17) is 9.63 Å². The Kier molecular flexibility index (Phi) is 4.32. The van der Waals surface area contributed by atoms with Gasteiger partial charge in [-0.15, -0.1) is 0 Å². The molecular weight excluding hydrogens is 274 g/mol. The minimum Gasteiger partial charge on any atom is -0.481 e. The zero-order valence-electron chi connectivity index (χ0n) is 11.7. The molecule has 1 amide bonds. The van der Waals surface area contributed by atoms with Gasteiger partial charge in [0.05, 0.1) is 5.92 Å². The highest BCUT2D eigenvalue weighted by Crippen LogP contribution is 2.19. The first-order chi connectivity index (χ1) is 9.99. The van der Waals surface area contributed by atoms with Crippen LogP contribution in [-0.4, -0.2) is 45.6 Å². The molecule has 0 bridgehead atoms. The molecule has 0 aliphatic carbocycles. The lowest BCUT2D eigenvalue weighted by Gasteiger charge is -2.17. The average molecular weight is 289 g/mol. The van der Waals surface area contributed by atoms with Gasteiger partial charge in [-0.25, -0.2) is 0 Å². The Morgan fingerprint density at radius 3 is 2.86 bits per heavy atom. The highest BCUT2D eigenvalue weighted by atomic mass is 16.5.